The van der Waals surface area contributed by atoms with Crippen LogP contribution in [-0.4, -0.2) is 21.6 Å². The van der Waals surface area contributed by atoms with Gasteiger partial charge in [-0.25, -0.2) is 9.50 Å². The van der Waals surface area contributed by atoms with Gasteiger partial charge in [-0.15, -0.1) is 5.10 Å². The van der Waals surface area contributed by atoms with Crippen LogP contribution in [0, 0.1) is 0 Å². The molecule has 62 valence electrons. The third-order valence-electron chi connectivity index (χ3n) is 1.55. The number of fused-ring (bicyclic) bond motifs is 1. The van der Waals surface area contributed by atoms with E-state index >= 15 is 0 Å². The topological polar surface area (TPSA) is 42.2 Å². The Bertz CT molecular complexity index is 409. The van der Waals surface area contributed by atoms with Crippen molar-refractivity contribution in [2.75, 3.05) is 12.4 Å². The van der Waals surface area contributed by atoms with E-state index in [0.29, 0.717) is 5.15 Å². The molecule has 0 bridgehead atoms. The zero-order valence-corrected chi connectivity index (χ0v) is 7.21. The second-order valence-electron chi connectivity index (χ2n) is 2.33. The van der Waals surface area contributed by atoms with Crippen LogP contribution < -0.4 is 5.32 Å². The Labute approximate surface area is 74.2 Å². The zero-order chi connectivity index (χ0) is 8.55. The van der Waals surface area contributed by atoms with E-state index in [2.05, 4.69) is 15.4 Å². The van der Waals surface area contributed by atoms with Crippen molar-refractivity contribution in [3.8, 4) is 0 Å². The lowest BCUT2D eigenvalue weighted by molar-refractivity contribution is 0.939. The Balaban J connectivity index is 2.66. The molecule has 0 atom stereocenters. The van der Waals surface area contributed by atoms with Crippen molar-refractivity contribution >= 4 is 23.1 Å². The molecule has 4 nitrogen and oxygen atoms in total. The average Bonchev–Trinajstić information content (AvgIpc) is 2.43. The van der Waals surface area contributed by atoms with Crippen LogP contribution in [0.3, 0.4) is 0 Å². The number of rotatable bonds is 1. The summed E-state index contributed by atoms with van der Waals surface area (Å²) in [5.74, 6) is 0.788. The summed E-state index contributed by atoms with van der Waals surface area (Å²) < 4.78 is 1.63. The smallest absolute Gasteiger partial charge is 0.155 e. The summed E-state index contributed by atoms with van der Waals surface area (Å²) in [6.45, 7) is 0. The normalized spacial score (nSPS) is 10.5. The number of nitrogens with zero attached hydrogens (tertiary/aromatic N) is 3. The van der Waals surface area contributed by atoms with Crippen LogP contribution in [0.25, 0.3) is 5.65 Å². The summed E-state index contributed by atoms with van der Waals surface area (Å²) in [5.41, 5.74) is 0.749. The van der Waals surface area contributed by atoms with E-state index in [1.165, 1.54) is 0 Å². The number of nitrogens with one attached hydrogen (secondary N) is 1. The Hall–Kier alpha value is -1.29. The van der Waals surface area contributed by atoms with Gasteiger partial charge in [0.1, 0.15) is 11.0 Å². The Kier molecular flexibility index (Phi) is 1.62. The fraction of sp³-hybridized carbons (Fsp3) is 0.143. The minimum atomic E-state index is 0.454. The average molecular weight is 183 g/mol. The molecular formula is C7H7ClN4. The highest BCUT2D eigenvalue weighted by atomic mass is 35.5. The predicted octanol–water partition coefficient (Wildman–Crippen LogP) is 1.42. The highest BCUT2D eigenvalue weighted by Crippen LogP contribution is 2.10. The maximum absolute atomic E-state index is 5.69. The monoisotopic (exact) mass is 182 g/mol. The summed E-state index contributed by atoms with van der Waals surface area (Å²) in [7, 11) is 1.81. The molecule has 0 spiro atoms. The van der Waals surface area contributed by atoms with E-state index in [0.717, 1.165) is 11.5 Å². The Morgan fingerprint density at radius 1 is 1.50 bits per heavy atom. The molecule has 2 aromatic rings. The molecule has 0 aliphatic carbocycles. The fourth-order valence-electron chi connectivity index (χ4n) is 0.987. The zero-order valence-electron chi connectivity index (χ0n) is 6.45. The lowest BCUT2D eigenvalue weighted by Gasteiger charge is -1.97. The van der Waals surface area contributed by atoms with Gasteiger partial charge in [0.05, 0.1) is 6.20 Å². The van der Waals surface area contributed by atoms with Gasteiger partial charge in [-0.05, 0) is 12.1 Å². The maximum atomic E-state index is 5.69. The second kappa shape index (κ2) is 2.64. The first-order valence-corrected chi connectivity index (χ1v) is 3.87. The molecule has 0 amide bonds. The first-order chi connectivity index (χ1) is 5.79. The number of aromatic nitrogens is 3. The van der Waals surface area contributed by atoms with Gasteiger partial charge in [0.25, 0.3) is 0 Å². The standard InChI is InChI=1S/C7H7ClN4/c1-9-6-2-3-7-10-5(8)4-12(7)11-6/h2-4H,1H3,(H,9,11). The Morgan fingerprint density at radius 3 is 3.08 bits per heavy atom. The number of halogens is 1. The molecule has 0 aromatic carbocycles. The first kappa shape index (κ1) is 7.36. The molecule has 12 heavy (non-hydrogen) atoms. The van der Waals surface area contributed by atoms with Gasteiger partial charge in [-0.3, -0.25) is 0 Å². The van der Waals surface area contributed by atoms with Crippen molar-refractivity contribution in [3.05, 3.63) is 23.5 Å². The van der Waals surface area contributed by atoms with Gasteiger partial charge in [-0.1, -0.05) is 11.6 Å². The van der Waals surface area contributed by atoms with Gasteiger partial charge in [-0.2, -0.15) is 0 Å². The van der Waals surface area contributed by atoms with E-state index in [1.807, 2.05) is 19.2 Å². The molecule has 0 unspecified atom stereocenters. The number of hydrogen-bond donors (Lipinski definition) is 1. The lowest BCUT2D eigenvalue weighted by atomic mass is 10.5. The number of hydrogen-bond acceptors (Lipinski definition) is 3. The maximum Gasteiger partial charge on any atom is 0.155 e. The summed E-state index contributed by atoms with van der Waals surface area (Å²) >= 11 is 5.69. The van der Waals surface area contributed by atoms with Crippen LogP contribution in [0.5, 0.6) is 0 Å². The number of anilines is 1. The van der Waals surface area contributed by atoms with Crippen LogP contribution in [0.4, 0.5) is 5.82 Å². The molecule has 2 rings (SSSR count). The molecule has 1 N–H and O–H groups in total. The third-order valence-corrected chi connectivity index (χ3v) is 1.73. The fourth-order valence-corrected chi connectivity index (χ4v) is 1.17. The lowest BCUT2D eigenvalue weighted by Crippen LogP contribution is -1.96. The van der Waals surface area contributed by atoms with Gasteiger partial charge in [0.2, 0.25) is 0 Å². The minimum Gasteiger partial charge on any atom is -0.372 e. The van der Waals surface area contributed by atoms with Gasteiger partial charge < -0.3 is 5.32 Å². The quantitative estimate of drug-likeness (QED) is 0.726. The van der Waals surface area contributed by atoms with Crippen molar-refractivity contribution in [2.45, 2.75) is 0 Å². The van der Waals surface area contributed by atoms with E-state index in [-0.39, 0.29) is 0 Å². The highest BCUT2D eigenvalue weighted by Gasteiger charge is 1.99. The molecule has 2 aromatic heterocycles. The van der Waals surface area contributed by atoms with Crippen molar-refractivity contribution < 1.29 is 0 Å². The van der Waals surface area contributed by atoms with E-state index < -0.39 is 0 Å². The second-order valence-corrected chi connectivity index (χ2v) is 2.72. The molecule has 5 heteroatoms. The predicted molar refractivity (Wildman–Crippen MR) is 47.5 cm³/mol. The molecule has 0 saturated heterocycles. The van der Waals surface area contributed by atoms with Gasteiger partial charge >= 0.3 is 0 Å². The first-order valence-electron chi connectivity index (χ1n) is 3.49. The summed E-state index contributed by atoms with van der Waals surface area (Å²) in [5, 5.41) is 7.55. The Morgan fingerprint density at radius 2 is 2.33 bits per heavy atom. The molecule has 0 aliphatic heterocycles. The molecular weight excluding hydrogens is 176 g/mol. The molecule has 0 fully saturated rings. The van der Waals surface area contributed by atoms with Crippen LogP contribution in [-0.2, 0) is 0 Å². The van der Waals surface area contributed by atoms with E-state index in [1.54, 1.807) is 10.7 Å². The van der Waals surface area contributed by atoms with Crippen LogP contribution >= 0.6 is 11.6 Å². The van der Waals surface area contributed by atoms with Crippen molar-refractivity contribution in [3.63, 3.8) is 0 Å². The molecule has 0 aliphatic rings. The number of imidazole rings is 1. The van der Waals surface area contributed by atoms with Crippen molar-refractivity contribution in [1.82, 2.24) is 14.6 Å². The summed E-state index contributed by atoms with van der Waals surface area (Å²) in [6, 6.07) is 3.70. The van der Waals surface area contributed by atoms with E-state index in [4.69, 9.17) is 11.6 Å². The van der Waals surface area contributed by atoms with Crippen molar-refractivity contribution in [1.29, 1.82) is 0 Å². The highest BCUT2D eigenvalue weighted by molar-refractivity contribution is 6.29. The van der Waals surface area contributed by atoms with Gasteiger partial charge in [0, 0.05) is 7.05 Å². The van der Waals surface area contributed by atoms with Crippen LogP contribution in [0.2, 0.25) is 5.15 Å². The molecule has 0 radical (unpaired) electrons. The third kappa shape index (κ3) is 1.10. The van der Waals surface area contributed by atoms with E-state index in [9.17, 15) is 0 Å². The SMILES string of the molecule is CNc1ccc2nc(Cl)cn2n1. The van der Waals surface area contributed by atoms with Crippen LogP contribution in [0.1, 0.15) is 0 Å². The summed E-state index contributed by atoms with van der Waals surface area (Å²) in [6.07, 6.45) is 1.66. The van der Waals surface area contributed by atoms with Crippen molar-refractivity contribution in [2.24, 2.45) is 0 Å². The largest absolute Gasteiger partial charge is 0.372 e. The molecule has 2 heterocycles. The van der Waals surface area contributed by atoms with Gasteiger partial charge in [0.15, 0.2) is 5.65 Å². The summed E-state index contributed by atoms with van der Waals surface area (Å²) in [4.78, 5) is 4.03. The minimum absolute atomic E-state index is 0.454. The molecule has 0 saturated carbocycles. The van der Waals surface area contributed by atoms with Crippen LogP contribution in [0.15, 0.2) is 18.3 Å².